The molecule has 102 valence electrons. The zero-order chi connectivity index (χ0) is 14.5. The zero-order valence-corrected chi connectivity index (χ0v) is 12.3. The Kier molecular flexibility index (Phi) is 4.53. The van der Waals surface area contributed by atoms with Crippen molar-refractivity contribution in [2.45, 2.75) is 0 Å². The lowest BCUT2D eigenvalue weighted by atomic mass is 10.2. The summed E-state index contributed by atoms with van der Waals surface area (Å²) in [6, 6.07) is 13.6. The predicted molar refractivity (Wildman–Crippen MR) is 79.9 cm³/mol. The van der Waals surface area contributed by atoms with Gasteiger partial charge in [-0.25, -0.2) is 4.79 Å². The largest absolute Gasteiger partial charge is 0.465 e. The first-order valence-corrected chi connectivity index (χ1v) is 6.65. The fourth-order valence-electron chi connectivity index (χ4n) is 1.64. The topological polar surface area (TPSA) is 55.4 Å². The number of halogens is 1. The Labute approximate surface area is 124 Å². The van der Waals surface area contributed by atoms with E-state index in [0.29, 0.717) is 16.8 Å². The highest BCUT2D eigenvalue weighted by molar-refractivity contribution is 9.10. The first-order valence-electron chi connectivity index (χ1n) is 5.85. The lowest BCUT2D eigenvalue weighted by Gasteiger charge is -2.06. The molecule has 0 heterocycles. The highest BCUT2D eigenvalue weighted by Crippen LogP contribution is 2.15. The molecule has 1 N–H and O–H groups in total. The minimum absolute atomic E-state index is 0.211. The van der Waals surface area contributed by atoms with Crippen LogP contribution < -0.4 is 5.32 Å². The lowest BCUT2D eigenvalue weighted by Crippen LogP contribution is -2.12. The maximum absolute atomic E-state index is 12.0. The average molecular weight is 334 g/mol. The molecule has 0 aromatic heterocycles. The maximum Gasteiger partial charge on any atom is 0.337 e. The summed E-state index contributed by atoms with van der Waals surface area (Å²) in [5.41, 5.74) is 1.60. The molecular formula is C15H12BrNO3. The number of carbonyl (C=O) groups excluding carboxylic acids is 2. The average Bonchev–Trinajstić information content (AvgIpc) is 2.47. The summed E-state index contributed by atoms with van der Waals surface area (Å²) in [7, 11) is 1.32. The molecule has 0 bridgehead atoms. The first-order chi connectivity index (χ1) is 9.60. The fraction of sp³-hybridized carbons (Fsp3) is 0.0667. The first kappa shape index (κ1) is 14.3. The van der Waals surface area contributed by atoms with Gasteiger partial charge in [0.15, 0.2) is 0 Å². The van der Waals surface area contributed by atoms with Crippen LogP contribution >= 0.6 is 15.9 Å². The Morgan fingerprint density at radius 3 is 2.35 bits per heavy atom. The van der Waals surface area contributed by atoms with Crippen LogP contribution in [0.2, 0.25) is 0 Å². The van der Waals surface area contributed by atoms with Gasteiger partial charge in [-0.05, 0) is 42.5 Å². The van der Waals surface area contributed by atoms with Gasteiger partial charge in [-0.1, -0.05) is 22.0 Å². The van der Waals surface area contributed by atoms with Crippen molar-refractivity contribution >= 4 is 33.5 Å². The van der Waals surface area contributed by atoms with Gasteiger partial charge >= 0.3 is 5.97 Å². The number of ether oxygens (including phenoxy) is 1. The third kappa shape index (κ3) is 3.45. The molecule has 0 aliphatic carbocycles. The summed E-state index contributed by atoms with van der Waals surface area (Å²) >= 11 is 3.32. The van der Waals surface area contributed by atoms with Crippen molar-refractivity contribution < 1.29 is 14.3 Å². The third-order valence-corrected chi connectivity index (χ3v) is 3.14. The quantitative estimate of drug-likeness (QED) is 0.875. The van der Waals surface area contributed by atoms with E-state index in [1.54, 1.807) is 42.5 Å². The van der Waals surface area contributed by atoms with Crippen LogP contribution in [0.1, 0.15) is 20.7 Å². The summed E-state index contributed by atoms with van der Waals surface area (Å²) in [6.45, 7) is 0. The molecule has 5 heteroatoms. The molecule has 0 atom stereocenters. The van der Waals surface area contributed by atoms with E-state index in [1.165, 1.54) is 7.11 Å². The molecule has 0 saturated heterocycles. The monoisotopic (exact) mass is 333 g/mol. The Hall–Kier alpha value is -2.14. The Morgan fingerprint density at radius 1 is 1.05 bits per heavy atom. The summed E-state index contributed by atoms with van der Waals surface area (Å²) < 4.78 is 5.45. The predicted octanol–water partition coefficient (Wildman–Crippen LogP) is 3.49. The number of amides is 1. The van der Waals surface area contributed by atoms with Gasteiger partial charge in [-0.3, -0.25) is 4.79 Å². The molecule has 0 aliphatic rings. The zero-order valence-electron chi connectivity index (χ0n) is 10.7. The van der Waals surface area contributed by atoms with Crippen LogP contribution in [0.5, 0.6) is 0 Å². The summed E-state index contributed by atoms with van der Waals surface area (Å²) in [4.78, 5) is 23.3. The molecular weight excluding hydrogens is 322 g/mol. The lowest BCUT2D eigenvalue weighted by molar-refractivity contribution is 0.0600. The Bertz CT molecular complexity index is 638. The smallest absolute Gasteiger partial charge is 0.337 e. The van der Waals surface area contributed by atoms with Gasteiger partial charge in [0.25, 0.3) is 5.91 Å². The van der Waals surface area contributed by atoms with Crippen molar-refractivity contribution in [3.05, 3.63) is 64.1 Å². The number of hydrogen-bond donors (Lipinski definition) is 1. The molecule has 2 rings (SSSR count). The van der Waals surface area contributed by atoms with Crippen molar-refractivity contribution in [2.24, 2.45) is 0 Å². The molecule has 2 aromatic rings. The molecule has 0 unspecified atom stereocenters. The fourth-order valence-corrected chi connectivity index (χ4v) is 2.04. The highest BCUT2D eigenvalue weighted by Gasteiger charge is 2.08. The minimum atomic E-state index is -0.408. The number of anilines is 1. The van der Waals surface area contributed by atoms with Crippen LogP contribution in [0, 0.1) is 0 Å². The van der Waals surface area contributed by atoms with E-state index in [9.17, 15) is 9.59 Å². The van der Waals surface area contributed by atoms with Crippen LogP contribution in [0.15, 0.2) is 53.0 Å². The van der Waals surface area contributed by atoms with Crippen LogP contribution in [0.25, 0.3) is 0 Å². The molecule has 20 heavy (non-hydrogen) atoms. The van der Waals surface area contributed by atoms with E-state index >= 15 is 0 Å². The summed E-state index contributed by atoms with van der Waals surface area (Å²) in [5, 5.41) is 2.76. The second-order valence-corrected chi connectivity index (χ2v) is 4.95. The third-order valence-electron chi connectivity index (χ3n) is 2.65. The molecule has 2 aromatic carbocycles. The van der Waals surface area contributed by atoms with E-state index in [0.717, 1.165) is 4.47 Å². The van der Waals surface area contributed by atoms with Gasteiger partial charge in [-0.2, -0.15) is 0 Å². The standard InChI is InChI=1S/C15H12BrNO3/c1-20-15(19)10-5-7-13(8-6-10)17-14(18)11-3-2-4-12(16)9-11/h2-9H,1H3,(H,17,18). The molecule has 0 radical (unpaired) electrons. The van der Waals surface area contributed by atoms with Crippen molar-refractivity contribution in [1.82, 2.24) is 0 Å². The van der Waals surface area contributed by atoms with Gasteiger partial charge in [0.1, 0.15) is 0 Å². The van der Waals surface area contributed by atoms with Gasteiger partial charge in [0.2, 0.25) is 0 Å². The van der Waals surface area contributed by atoms with E-state index in [4.69, 9.17) is 0 Å². The van der Waals surface area contributed by atoms with E-state index in [-0.39, 0.29) is 5.91 Å². The van der Waals surface area contributed by atoms with Crippen LogP contribution in [-0.2, 0) is 4.74 Å². The number of benzene rings is 2. The molecule has 1 amide bonds. The summed E-state index contributed by atoms with van der Waals surface area (Å²) in [5.74, 6) is -0.619. The molecule has 0 aliphatic heterocycles. The molecule has 0 saturated carbocycles. The second-order valence-electron chi connectivity index (χ2n) is 4.03. The Morgan fingerprint density at radius 2 is 1.75 bits per heavy atom. The highest BCUT2D eigenvalue weighted by atomic mass is 79.9. The van der Waals surface area contributed by atoms with Gasteiger partial charge in [-0.15, -0.1) is 0 Å². The van der Waals surface area contributed by atoms with E-state index < -0.39 is 5.97 Å². The number of nitrogens with one attached hydrogen (secondary N) is 1. The maximum atomic E-state index is 12.0. The van der Waals surface area contributed by atoms with Crippen LogP contribution in [-0.4, -0.2) is 19.0 Å². The van der Waals surface area contributed by atoms with Crippen molar-refractivity contribution in [3.63, 3.8) is 0 Å². The Balaban J connectivity index is 2.10. The molecule has 0 fully saturated rings. The van der Waals surface area contributed by atoms with Gasteiger partial charge < -0.3 is 10.1 Å². The molecule has 4 nitrogen and oxygen atoms in total. The van der Waals surface area contributed by atoms with Crippen molar-refractivity contribution in [3.8, 4) is 0 Å². The number of hydrogen-bond acceptors (Lipinski definition) is 3. The normalized spacial score (nSPS) is 9.90. The second kappa shape index (κ2) is 6.34. The van der Waals surface area contributed by atoms with Crippen LogP contribution in [0.3, 0.4) is 0 Å². The number of carbonyl (C=O) groups is 2. The van der Waals surface area contributed by atoms with E-state index in [1.807, 2.05) is 6.07 Å². The van der Waals surface area contributed by atoms with Crippen LogP contribution in [0.4, 0.5) is 5.69 Å². The van der Waals surface area contributed by atoms with E-state index in [2.05, 4.69) is 26.0 Å². The SMILES string of the molecule is COC(=O)c1ccc(NC(=O)c2cccc(Br)c2)cc1. The van der Waals surface area contributed by atoms with Crippen molar-refractivity contribution in [1.29, 1.82) is 0 Å². The number of rotatable bonds is 3. The number of esters is 1. The molecule has 0 spiro atoms. The number of methoxy groups -OCH3 is 1. The minimum Gasteiger partial charge on any atom is -0.465 e. The van der Waals surface area contributed by atoms with Gasteiger partial charge in [0, 0.05) is 15.7 Å². The van der Waals surface area contributed by atoms with Crippen molar-refractivity contribution in [2.75, 3.05) is 12.4 Å². The summed E-state index contributed by atoms with van der Waals surface area (Å²) in [6.07, 6.45) is 0. The van der Waals surface area contributed by atoms with Gasteiger partial charge in [0.05, 0.1) is 12.7 Å².